The predicted molar refractivity (Wildman–Crippen MR) is 109 cm³/mol. The van der Waals surface area contributed by atoms with E-state index in [1.807, 2.05) is 23.1 Å². The number of nitro benzene ring substituents is 1. The fourth-order valence-electron chi connectivity index (χ4n) is 3.74. The Hall–Kier alpha value is -3.84. The van der Waals surface area contributed by atoms with Crippen molar-refractivity contribution in [3.63, 3.8) is 0 Å². The number of anilines is 1. The average Bonchev–Trinajstić information content (AvgIpc) is 2.77. The normalized spacial score (nSPS) is 13.8. The van der Waals surface area contributed by atoms with Crippen LogP contribution in [0.3, 0.4) is 0 Å². The van der Waals surface area contributed by atoms with Crippen molar-refractivity contribution in [2.24, 2.45) is 0 Å². The number of benzene rings is 2. The van der Waals surface area contributed by atoms with Gasteiger partial charge in [-0.15, -0.1) is 0 Å². The van der Waals surface area contributed by atoms with Crippen LogP contribution in [0.4, 0.5) is 11.4 Å². The lowest BCUT2D eigenvalue weighted by atomic mass is 9.88. The van der Waals surface area contributed by atoms with Crippen molar-refractivity contribution in [3.8, 4) is 17.9 Å². The number of hydrogen-bond donors (Lipinski definition) is 0. The van der Waals surface area contributed by atoms with Crippen LogP contribution in [-0.2, 0) is 0 Å². The fraction of sp³-hybridized carbons (Fsp3) is 0.273. The summed E-state index contributed by atoms with van der Waals surface area (Å²) >= 11 is 0. The first-order valence-electron chi connectivity index (χ1n) is 9.25. The molecule has 1 aliphatic rings. The van der Waals surface area contributed by atoms with Gasteiger partial charge in [-0.3, -0.25) is 10.1 Å². The zero-order chi connectivity index (χ0) is 20.8. The third-order valence-corrected chi connectivity index (χ3v) is 5.16. The van der Waals surface area contributed by atoms with Crippen molar-refractivity contribution < 1.29 is 9.66 Å². The molecule has 0 N–H and O–H groups in total. The quantitative estimate of drug-likeness (QED) is 0.427. The van der Waals surface area contributed by atoms with Gasteiger partial charge in [0.15, 0.2) is 0 Å². The Labute approximate surface area is 169 Å². The number of piperidine rings is 1. The predicted octanol–water partition coefficient (Wildman–Crippen LogP) is 4.42. The van der Waals surface area contributed by atoms with Gasteiger partial charge < -0.3 is 9.64 Å². The topological polar surface area (TPSA) is 103 Å². The van der Waals surface area contributed by atoms with Gasteiger partial charge in [-0.05, 0) is 48.1 Å². The van der Waals surface area contributed by atoms with E-state index in [2.05, 4.69) is 6.07 Å². The molecule has 2 aromatic rings. The number of allylic oxidation sites excluding steroid dienone is 1. The zero-order valence-electron chi connectivity index (χ0n) is 16.0. The van der Waals surface area contributed by atoms with E-state index in [1.54, 1.807) is 31.4 Å². The highest BCUT2D eigenvalue weighted by molar-refractivity contribution is 5.71. The van der Waals surface area contributed by atoms with Gasteiger partial charge >= 0.3 is 0 Å². The van der Waals surface area contributed by atoms with Gasteiger partial charge in [-0.25, -0.2) is 0 Å². The second-order valence-electron chi connectivity index (χ2n) is 6.79. The lowest BCUT2D eigenvalue weighted by Crippen LogP contribution is -2.33. The van der Waals surface area contributed by atoms with Crippen LogP contribution in [0, 0.1) is 32.8 Å². The molecule has 146 valence electrons. The van der Waals surface area contributed by atoms with Crippen LogP contribution < -0.4 is 9.64 Å². The number of nitrogens with zero attached hydrogens (tertiary/aromatic N) is 4. The summed E-state index contributed by atoms with van der Waals surface area (Å²) in [7, 11) is 1.66. The molecule has 1 aliphatic heterocycles. The monoisotopic (exact) mass is 388 g/mol. The molecular formula is C22H20N4O3. The van der Waals surface area contributed by atoms with Gasteiger partial charge in [0, 0.05) is 19.2 Å². The van der Waals surface area contributed by atoms with E-state index in [0.717, 1.165) is 18.6 Å². The second-order valence-corrected chi connectivity index (χ2v) is 6.79. The summed E-state index contributed by atoms with van der Waals surface area (Å²) in [5.74, 6) is 1.22. The maximum Gasteiger partial charge on any atom is 0.293 e. The van der Waals surface area contributed by atoms with Crippen molar-refractivity contribution in [1.29, 1.82) is 10.5 Å². The first-order valence-corrected chi connectivity index (χ1v) is 9.25. The molecule has 0 saturated carbocycles. The molecule has 7 nitrogen and oxygen atoms in total. The van der Waals surface area contributed by atoms with Crippen LogP contribution in [0.5, 0.6) is 5.75 Å². The van der Waals surface area contributed by atoms with Crippen molar-refractivity contribution in [3.05, 3.63) is 69.3 Å². The first-order chi connectivity index (χ1) is 14.1. The number of ether oxygens (including phenoxy) is 1. The van der Waals surface area contributed by atoms with Gasteiger partial charge in [-0.2, -0.15) is 10.5 Å². The minimum Gasteiger partial charge on any atom is -0.496 e. The smallest absolute Gasteiger partial charge is 0.293 e. The van der Waals surface area contributed by atoms with E-state index >= 15 is 0 Å². The van der Waals surface area contributed by atoms with Crippen LogP contribution in [0.15, 0.2) is 48.0 Å². The Morgan fingerprint density at radius 1 is 1.21 bits per heavy atom. The molecule has 1 saturated heterocycles. The van der Waals surface area contributed by atoms with E-state index in [-0.39, 0.29) is 11.3 Å². The molecule has 0 amide bonds. The summed E-state index contributed by atoms with van der Waals surface area (Å²) < 4.78 is 5.47. The summed E-state index contributed by atoms with van der Waals surface area (Å²) in [5, 5.41) is 29.4. The number of para-hydroxylation sites is 1. The fourth-order valence-corrected chi connectivity index (χ4v) is 3.74. The molecule has 0 spiro atoms. The van der Waals surface area contributed by atoms with Gasteiger partial charge in [0.05, 0.1) is 12.0 Å². The minimum atomic E-state index is -0.419. The van der Waals surface area contributed by atoms with Crippen molar-refractivity contribution in [2.45, 2.75) is 18.8 Å². The van der Waals surface area contributed by atoms with E-state index in [9.17, 15) is 10.1 Å². The van der Waals surface area contributed by atoms with Gasteiger partial charge in [0.1, 0.15) is 29.1 Å². The van der Waals surface area contributed by atoms with E-state index in [1.165, 1.54) is 17.7 Å². The number of methoxy groups -OCH3 is 1. The third kappa shape index (κ3) is 4.36. The van der Waals surface area contributed by atoms with Crippen molar-refractivity contribution >= 4 is 17.5 Å². The molecule has 0 bridgehead atoms. The van der Waals surface area contributed by atoms with Crippen LogP contribution in [0.25, 0.3) is 6.08 Å². The average molecular weight is 388 g/mol. The summed E-state index contributed by atoms with van der Waals surface area (Å²) in [6, 6.07) is 16.3. The van der Waals surface area contributed by atoms with Gasteiger partial charge in [-0.1, -0.05) is 24.3 Å². The molecule has 0 aliphatic carbocycles. The van der Waals surface area contributed by atoms with Crippen LogP contribution in [0.2, 0.25) is 0 Å². The zero-order valence-corrected chi connectivity index (χ0v) is 16.0. The molecule has 29 heavy (non-hydrogen) atoms. The highest BCUT2D eigenvalue weighted by Crippen LogP contribution is 2.38. The maximum absolute atomic E-state index is 11.6. The largest absolute Gasteiger partial charge is 0.496 e. The molecule has 7 heteroatoms. The lowest BCUT2D eigenvalue weighted by Gasteiger charge is -2.34. The molecule has 0 aromatic heterocycles. The molecule has 1 fully saturated rings. The molecule has 2 aromatic carbocycles. The highest BCUT2D eigenvalue weighted by atomic mass is 16.6. The Kier molecular flexibility index (Phi) is 6.11. The van der Waals surface area contributed by atoms with Crippen molar-refractivity contribution in [1.82, 2.24) is 0 Å². The number of hydrogen-bond acceptors (Lipinski definition) is 6. The SMILES string of the molecule is COc1ccccc1C1CCN(c2ccc(C=C(C#N)C#N)cc2[N+](=O)[O-])CC1. The third-order valence-electron chi connectivity index (χ3n) is 5.16. The Morgan fingerprint density at radius 2 is 1.90 bits per heavy atom. The molecule has 1 heterocycles. The standard InChI is InChI=1S/C22H20N4O3/c1-29-22-5-3-2-4-19(22)18-8-10-25(11-9-18)20-7-6-16(12-17(14-23)15-24)13-21(20)26(27)28/h2-7,12-13,18H,8-11H2,1H3. The van der Waals surface area contributed by atoms with Gasteiger partial charge in [0.25, 0.3) is 5.69 Å². The van der Waals surface area contributed by atoms with E-state index < -0.39 is 4.92 Å². The maximum atomic E-state index is 11.6. The highest BCUT2D eigenvalue weighted by Gasteiger charge is 2.27. The number of nitriles is 2. The van der Waals surface area contributed by atoms with E-state index in [4.69, 9.17) is 15.3 Å². The summed E-state index contributed by atoms with van der Waals surface area (Å²) in [4.78, 5) is 13.2. The summed E-state index contributed by atoms with van der Waals surface area (Å²) in [5.41, 5.74) is 2.07. The van der Waals surface area contributed by atoms with Crippen LogP contribution >= 0.6 is 0 Å². The lowest BCUT2D eigenvalue weighted by molar-refractivity contribution is -0.384. The van der Waals surface area contributed by atoms with Crippen LogP contribution in [0.1, 0.15) is 29.9 Å². The van der Waals surface area contributed by atoms with Gasteiger partial charge in [0.2, 0.25) is 0 Å². The Bertz CT molecular complexity index is 1010. The molecule has 3 rings (SSSR count). The van der Waals surface area contributed by atoms with Crippen molar-refractivity contribution in [2.75, 3.05) is 25.1 Å². The summed E-state index contributed by atoms with van der Waals surface area (Å²) in [6.07, 6.45) is 3.09. The number of nitro groups is 1. The minimum absolute atomic E-state index is 0.0234. The summed E-state index contributed by atoms with van der Waals surface area (Å²) in [6.45, 7) is 1.39. The molecule has 0 atom stereocenters. The molecule has 0 radical (unpaired) electrons. The second kappa shape index (κ2) is 8.90. The number of rotatable bonds is 5. The molecule has 0 unspecified atom stereocenters. The van der Waals surface area contributed by atoms with Crippen LogP contribution in [-0.4, -0.2) is 25.1 Å². The van der Waals surface area contributed by atoms with E-state index in [0.29, 0.717) is 30.3 Å². The Morgan fingerprint density at radius 3 is 2.52 bits per heavy atom. The first kappa shape index (κ1) is 19.9. The molecular weight excluding hydrogens is 368 g/mol. The Balaban J connectivity index is 1.82.